The zero-order chi connectivity index (χ0) is 18.4. The van der Waals surface area contributed by atoms with E-state index in [0.29, 0.717) is 23.7 Å². The van der Waals surface area contributed by atoms with E-state index in [0.717, 1.165) is 16.3 Å². The maximum atomic E-state index is 12.0. The topological polar surface area (TPSA) is 72.5 Å². The van der Waals surface area contributed by atoms with Gasteiger partial charge >= 0.3 is 0 Å². The van der Waals surface area contributed by atoms with Crippen LogP contribution in [0.25, 0.3) is 0 Å². The maximum Gasteiger partial charge on any atom is 0.230 e. The average Bonchev–Trinajstić information content (AvgIpc) is 3.16. The van der Waals surface area contributed by atoms with E-state index in [2.05, 4.69) is 15.6 Å². The number of anilines is 3. The number of carbonyl (C=O) groups excluding carboxylic acids is 1. The lowest BCUT2D eigenvalue weighted by atomic mass is 10.2. The van der Waals surface area contributed by atoms with Crippen LogP contribution in [0.5, 0.6) is 11.5 Å². The minimum Gasteiger partial charge on any atom is -0.497 e. The summed E-state index contributed by atoms with van der Waals surface area (Å²) in [6.45, 7) is 0. The molecular formula is C19H19N3O3S. The Balaban J connectivity index is 1.63. The number of pyridine rings is 1. The normalized spacial score (nSPS) is 10.2. The van der Waals surface area contributed by atoms with E-state index < -0.39 is 0 Å². The summed E-state index contributed by atoms with van der Waals surface area (Å²) in [5.74, 6) is 1.81. The minimum atomic E-state index is -0.0857. The monoisotopic (exact) mass is 369 g/mol. The fourth-order valence-corrected chi connectivity index (χ4v) is 3.06. The summed E-state index contributed by atoms with van der Waals surface area (Å²) in [7, 11) is 3.21. The van der Waals surface area contributed by atoms with Gasteiger partial charge in [0.2, 0.25) is 5.91 Å². The van der Waals surface area contributed by atoms with E-state index in [1.165, 1.54) is 0 Å². The van der Waals surface area contributed by atoms with Crippen LogP contribution >= 0.6 is 11.3 Å². The Bertz CT molecular complexity index is 864. The minimum absolute atomic E-state index is 0.0857. The Hall–Kier alpha value is -3.06. The number of methoxy groups -OCH3 is 2. The highest BCUT2D eigenvalue weighted by Crippen LogP contribution is 2.31. The number of amides is 1. The standard InChI is InChI=1S/C19H19N3O3S/c1-24-14-6-7-16(17(10-14)25-2)21-13-5-8-18(20-12-13)22-19(23)11-15-4-3-9-26-15/h3-10,12,21H,11H2,1-2H3,(H,20,22,23). The molecule has 1 amide bonds. The summed E-state index contributed by atoms with van der Waals surface area (Å²) in [5.41, 5.74) is 1.58. The molecule has 0 saturated carbocycles. The number of ether oxygens (including phenoxy) is 2. The number of hydrogen-bond donors (Lipinski definition) is 2. The van der Waals surface area contributed by atoms with Crippen molar-refractivity contribution in [2.24, 2.45) is 0 Å². The molecule has 0 unspecified atom stereocenters. The quantitative estimate of drug-likeness (QED) is 0.656. The summed E-state index contributed by atoms with van der Waals surface area (Å²) in [6.07, 6.45) is 2.01. The number of rotatable bonds is 7. The Morgan fingerprint density at radius 3 is 2.69 bits per heavy atom. The van der Waals surface area contributed by atoms with Gasteiger partial charge in [-0.05, 0) is 35.7 Å². The van der Waals surface area contributed by atoms with E-state index >= 15 is 0 Å². The van der Waals surface area contributed by atoms with Crippen LogP contribution in [0, 0.1) is 0 Å². The van der Waals surface area contributed by atoms with Crippen molar-refractivity contribution in [3.05, 3.63) is 58.9 Å². The van der Waals surface area contributed by atoms with Crippen LogP contribution in [0.1, 0.15) is 4.88 Å². The molecule has 0 aliphatic rings. The predicted octanol–water partition coefficient (Wildman–Crippen LogP) is 4.09. The zero-order valence-corrected chi connectivity index (χ0v) is 15.3. The van der Waals surface area contributed by atoms with E-state index in [1.54, 1.807) is 43.9 Å². The lowest BCUT2D eigenvalue weighted by Crippen LogP contribution is -2.14. The first kappa shape index (κ1) is 17.8. The molecule has 26 heavy (non-hydrogen) atoms. The molecule has 0 spiro atoms. The molecule has 2 aromatic heterocycles. The number of benzene rings is 1. The van der Waals surface area contributed by atoms with Gasteiger partial charge in [0.25, 0.3) is 0 Å². The highest BCUT2D eigenvalue weighted by Gasteiger charge is 2.08. The maximum absolute atomic E-state index is 12.0. The van der Waals surface area contributed by atoms with Gasteiger partial charge < -0.3 is 20.1 Å². The molecule has 0 aliphatic carbocycles. The van der Waals surface area contributed by atoms with E-state index in [9.17, 15) is 4.79 Å². The molecule has 134 valence electrons. The summed E-state index contributed by atoms with van der Waals surface area (Å²) < 4.78 is 10.6. The lowest BCUT2D eigenvalue weighted by Gasteiger charge is -2.12. The molecule has 3 aromatic rings. The van der Waals surface area contributed by atoms with E-state index in [4.69, 9.17) is 9.47 Å². The Labute approximate surface area is 155 Å². The van der Waals surface area contributed by atoms with Crippen molar-refractivity contribution in [2.45, 2.75) is 6.42 Å². The second kappa shape index (κ2) is 8.35. The SMILES string of the molecule is COc1ccc(Nc2ccc(NC(=O)Cc3cccs3)nc2)c(OC)c1. The third-order valence-electron chi connectivity index (χ3n) is 3.63. The molecular weight excluding hydrogens is 350 g/mol. The first-order valence-corrected chi connectivity index (χ1v) is 8.83. The fraction of sp³-hybridized carbons (Fsp3) is 0.158. The van der Waals surface area contributed by atoms with Gasteiger partial charge in [0, 0.05) is 10.9 Å². The fourth-order valence-electron chi connectivity index (χ4n) is 2.36. The van der Waals surface area contributed by atoms with Crippen molar-refractivity contribution in [1.29, 1.82) is 0 Å². The van der Waals surface area contributed by atoms with Crippen LogP contribution in [0.2, 0.25) is 0 Å². The first-order chi connectivity index (χ1) is 12.7. The van der Waals surface area contributed by atoms with Crippen LogP contribution in [0.15, 0.2) is 54.0 Å². The Morgan fingerprint density at radius 1 is 1.15 bits per heavy atom. The van der Waals surface area contributed by atoms with Crippen molar-refractivity contribution in [1.82, 2.24) is 4.98 Å². The van der Waals surface area contributed by atoms with E-state index in [1.807, 2.05) is 35.7 Å². The van der Waals surface area contributed by atoms with Crippen molar-refractivity contribution in [3.8, 4) is 11.5 Å². The molecule has 7 heteroatoms. The third-order valence-corrected chi connectivity index (χ3v) is 4.51. The van der Waals surface area contributed by atoms with Crippen LogP contribution in [0.4, 0.5) is 17.2 Å². The molecule has 1 aromatic carbocycles. The molecule has 0 saturated heterocycles. The summed E-state index contributed by atoms with van der Waals surface area (Å²) in [4.78, 5) is 17.3. The third kappa shape index (κ3) is 4.52. The van der Waals surface area contributed by atoms with Crippen molar-refractivity contribution >= 4 is 34.4 Å². The first-order valence-electron chi connectivity index (χ1n) is 7.95. The van der Waals surface area contributed by atoms with Gasteiger partial charge in [-0.1, -0.05) is 6.07 Å². The number of nitrogens with zero attached hydrogens (tertiary/aromatic N) is 1. The van der Waals surface area contributed by atoms with Crippen LogP contribution in [-0.4, -0.2) is 25.1 Å². The van der Waals surface area contributed by atoms with Gasteiger partial charge in [-0.25, -0.2) is 4.98 Å². The van der Waals surface area contributed by atoms with Crippen molar-refractivity contribution in [2.75, 3.05) is 24.9 Å². The molecule has 0 radical (unpaired) electrons. The molecule has 3 rings (SSSR count). The second-order valence-corrected chi connectivity index (χ2v) is 6.46. The molecule has 0 aliphatic heterocycles. The predicted molar refractivity (Wildman–Crippen MR) is 104 cm³/mol. The van der Waals surface area contributed by atoms with Gasteiger partial charge in [0.1, 0.15) is 17.3 Å². The van der Waals surface area contributed by atoms with Crippen LogP contribution in [-0.2, 0) is 11.2 Å². The molecule has 2 N–H and O–H groups in total. The van der Waals surface area contributed by atoms with Crippen molar-refractivity contribution in [3.63, 3.8) is 0 Å². The number of nitrogens with one attached hydrogen (secondary N) is 2. The van der Waals surface area contributed by atoms with Gasteiger partial charge in [0.15, 0.2) is 0 Å². The van der Waals surface area contributed by atoms with Gasteiger partial charge in [-0.15, -0.1) is 11.3 Å². The van der Waals surface area contributed by atoms with Gasteiger partial charge in [0.05, 0.1) is 38.2 Å². The summed E-state index contributed by atoms with van der Waals surface area (Å²) in [6, 6.07) is 13.0. The Kier molecular flexibility index (Phi) is 5.70. The molecule has 0 fully saturated rings. The number of hydrogen-bond acceptors (Lipinski definition) is 6. The molecule has 0 atom stereocenters. The lowest BCUT2D eigenvalue weighted by molar-refractivity contribution is -0.115. The second-order valence-electron chi connectivity index (χ2n) is 5.43. The summed E-state index contributed by atoms with van der Waals surface area (Å²) >= 11 is 1.56. The average molecular weight is 369 g/mol. The zero-order valence-electron chi connectivity index (χ0n) is 14.5. The Morgan fingerprint density at radius 2 is 2.04 bits per heavy atom. The number of aromatic nitrogens is 1. The largest absolute Gasteiger partial charge is 0.497 e. The van der Waals surface area contributed by atoms with Crippen LogP contribution in [0.3, 0.4) is 0 Å². The smallest absolute Gasteiger partial charge is 0.230 e. The van der Waals surface area contributed by atoms with Gasteiger partial charge in [-0.3, -0.25) is 4.79 Å². The van der Waals surface area contributed by atoms with Crippen molar-refractivity contribution < 1.29 is 14.3 Å². The van der Waals surface area contributed by atoms with E-state index in [-0.39, 0.29) is 5.91 Å². The highest BCUT2D eigenvalue weighted by atomic mass is 32.1. The molecule has 6 nitrogen and oxygen atoms in total. The molecule has 2 heterocycles. The molecule has 0 bridgehead atoms. The number of thiophene rings is 1. The summed E-state index contributed by atoms with van der Waals surface area (Å²) in [5, 5.41) is 7.99. The van der Waals surface area contributed by atoms with Gasteiger partial charge in [-0.2, -0.15) is 0 Å². The highest BCUT2D eigenvalue weighted by molar-refractivity contribution is 7.10. The van der Waals surface area contributed by atoms with Crippen LogP contribution < -0.4 is 20.1 Å². The number of carbonyl (C=O) groups is 1.